The molecule has 0 aliphatic heterocycles. The van der Waals surface area contributed by atoms with Gasteiger partial charge in [-0.25, -0.2) is 8.78 Å². The zero-order chi connectivity index (χ0) is 13.8. The van der Waals surface area contributed by atoms with Crippen molar-refractivity contribution in [3.8, 4) is 0 Å². The van der Waals surface area contributed by atoms with E-state index < -0.39 is 17.6 Å². The van der Waals surface area contributed by atoms with Gasteiger partial charge in [0.15, 0.2) is 0 Å². The molecule has 0 bridgehead atoms. The van der Waals surface area contributed by atoms with Crippen LogP contribution in [0.2, 0.25) is 0 Å². The molecule has 0 radical (unpaired) electrons. The van der Waals surface area contributed by atoms with E-state index in [4.69, 9.17) is 5.11 Å². The minimum atomic E-state index is -0.755. The molecule has 1 aliphatic carbocycles. The van der Waals surface area contributed by atoms with E-state index in [1.54, 1.807) is 0 Å². The fourth-order valence-electron chi connectivity index (χ4n) is 2.92. The second-order valence-corrected chi connectivity index (χ2v) is 5.35. The van der Waals surface area contributed by atoms with Gasteiger partial charge in [0.25, 0.3) is 0 Å². The van der Waals surface area contributed by atoms with Crippen molar-refractivity contribution < 1.29 is 18.7 Å². The van der Waals surface area contributed by atoms with Gasteiger partial charge in [-0.1, -0.05) is 0 Å². The summed E-state index contributed by atoms with van der Waals surface area (Å²) in [6.07, 6.45) is 4.57. The first-order valence-electron chi connectivity index (χ1n) is 6.72. The predicted molar refractivity (Wildman–Crippen MR) is 67.9 cm³/mol. The van der Waals surface area contributed by atoms with E-state index in [2.05, 4.69) is 0 Å². The number of carbonyl (C=O) groups is 1. The van der Waals surface area contributed by atoms with E-state index in [9.17, 15) is 13.6 Å². The van der Waals surface area contributed by atoms with Gasteiger partial charge in [0.05, 0.1) is 0 Å². The zero-order valence-corrected chi connectivity index (χ0v) is 10.7. The van der Waals surface area contributed by atoms with Gasteiger partial charge in [0.2, 0.25) is 0 Å². The third-order valence-corrected chi connectivity index (χ3v) is 3.97. The van der Waals surface area contributed by atoms with Crippen molar-refractivity contribution in [3.05, 3.63) is 35.4 Å². The molecule has 2 nitrogen and oxygen atoms in total. The standard InChI is InChI=1S/C15H18F2O2/c16-13-7-12(8-14(17)9-13)11-4-1-10(2-5-11)3-6-15(18)19/h7-11H,1-6H2,(H,18,19). The molecule has 4 heteroatoms. The SMILES string of the molecule is O=C(O)CCC1CCC(c2cc(F)cc(F)c2)CC1. The summed E-state index contributed by atoms with van der Waals surface area (Å²) in [4.78, 5) is 10.5. The Morgan fingerprint density at radius 2 is 1.68 bits per heavy atom. The minimum Gasteiger partial charge on any atom is -0.481 e. The highest BCUT2D eigenvalue weighted by atomic mass is 19.1. The first kappa shape index (κ1) is 14.0. The van der Waals surface area contributed by atoms with Gasteiger partial charge in [-0.2, -0.15) is 0 Å². The molecule has 1 N–H and O–H groups in total. The summed E-state index contributed by atoms with van der Waals surface area (Å²) in [5, 5.41) is 8.65. The summed E-state index contributed by atoms with van der Waals surface area (Å²) >= 11 is 0. The summed E-state index contributed by atoms with van der Waals surface area (Å²) in [5.41, 5.74) is 0.731. The number of carboxylic acid groups (broad SMARTS) is 1. The quantitative estimate of drug-likeness (QED) is 0.892. The van der Waals surface area contributed by atoms with Crippen molar-refractivity contribution in [2.45, 2.75) is 44.4 Å². The van der Waals surface area contributed by atoms with Crippen LogP contribution in [0.15, 0.2) is 18.2 Å². The Bertz CT molecular complexity index is 431. The van der Waals surface area contributed by atoms with Gasteiger partial charge in [0.1, 0.15) is 11.6 Å². The monoisotopic (exact) mass is 268 g/mol. The molecule has 0 unspecified atom stereocenters. The van der Waals surface area contributed by atoms with Crippen molar-refractivity contribution >= 4 is 5.97 Å². The van der Waals surface area contributed by atoms with Crippen LogP contribution >= 0.6 is 0 Å². The first-order chi connectivity index (χ1) is 9.04. The Morgan fingerprint density at radius 3 is 2.21 bits per heavy atom. The van der Waals surface area contributed by atoms with Crippen LogP contribution in [0, 0.1) is 17.6 Å². The van der Waals surface area contributed by atoms with Crippen molar-refractivity contribution in [2.75, 3.05) is 0 Å². The highest BCUT2D eigenvalue weighted by Crippen LogP contribution is 2.37. The smallest absolute Gasteiger partial charge is 0.303 e. The van der Waals surface area contributed by atoms with Crippen LogP contribution in [0.5, 0.6) is 0 Å². The van der Waals surface area contributed by atoms with Crippen LogP contribution in [-0.2, 0) is 4.79 Å². The third kappa shape index (κ3) is 4.01. The fourth-order valence-corrected chi connectivity index (χ4v) is 2.92. The highest BCUT2D eigenvalue weighted by molar-refractivity contribution is 5.66. The summed E-state index contributed by atoms with van der Waals surface area (Å²) in [6.45, 7) is 0. The lowest BCUT2D eigenvalue weighted by Crippen LogP contribution is -2.14. The molecule has 104 valence electrons. The van der Waals surface area contributed by atoms with Crippen molar-refractivity contribution in [3.63, 3.8) is 0 Å². The van der Waals surface area contributed by atoms with Crippen molar-refractivity contribution in [1.29, 1.82) is 0 Å². The predicted octanol–water partition coefficient (Wildman–Crippen LogP) is 4.10. The van der Waals surface area contributed by atoms with Gasteiger partial charge in [-0.3, -0.25) is 4.79 Å². The molecule has 0 spiro atoms. The molecule has 0 amide bonds. The first-order valence-corrected chi connectivity index (χ1v) is 6.72. The summed E-state index contributed by atoms with van der Waals surface area (Å²) in [7, 11) is 0. The molecule has 0 saturated heterocycles. The zero-order valence-electron chi connectivity index (χ0n) is 10.7. The number of hydrogen-bond donors (Lipinski definition) is 1. The minimum absolute atomic E-state index is 0.200. The van der Waals surface area contributed by atoms with Gasteiger partial charge in [-0.15, -0.1) is 0 Å². The molecule has 19 heavy (non-hydrogen) atoms. The average Bonchev–Trinajstić information content (AvgIpc) is 2.36. The summed E-state index contributed by atoms with van der Waals surface area (Å²) in [5.74, 6) is -1.17. The summed E-state index contributed by atoms with van der Waals surface area (Å²) < 4.78 is 26.3. The van der Waals surface area contributed by atoms with Crippen LogP contribution in [0.4, 0.5) is 8.78 Å². The van der Waals surface area contributed by atoms with Gasteiger partial charge >= 0.3 is 5.97 Å². The molecule has 0 aromatic heterocycles. The van der Waals surface area contributed by atoms with Crippen molar-refractivity contribution in [1.82, 2.24) is 0 Å². The second-order valence-electron chi connectivity index (χ2n) is 5.35. The highest BCUT2D eigenvalue weighted by Gasteiger charge is 2.23. The van der Waals surface area contributed by atoms with Gasteiger partial charge in [0, 0.05) is 12.5 Å². The van der Waals surface area contributed by atoms with Crippen LogP contribution in [0.3, 0.4) is 0 Å². The molecule has 1 aliphatic rings. The number of hydrogen-bond acceptors (Lipinski definition) is 1. The maximum absolute atomic E-state index is 13.2. The fraction of sp³-hybridized carbons (Fsp3) is 0.533. The molecule has 0 heterocycles. The largest absolute Gasteiger partial charge is 0.481 e. The maximum atomic E-state index is 13.2. The number of halogens is 2. The molecule has 1 saturated carbocycles. The molecule has 1 aromatic rings. The molecule has 0 atom stereocenters. The van der Waals surface area contributed by atoms with Crippen LogP contribution < -0.4 is 0 Å². The molecular formula is C15H18F2O2. The van der Waals surface area contributed by atoms with Crippen molar-refractivity contribution in [2.24, 2.45) is 5.92 Å². The Labute approximate surface area is 111 Å². The molecule has 1 fully saturated rings. The molecular weight excluding hydrogens is 250 g/mol. The van der Waals surface area contributed by atoms with E-state index >= 15 is 0 Å². The second kappa shape index (κ2) is 6.13. The lowest BCUT2D eigenvalue weighted by atomic mass is 9.77. The van der Waals surface area contributed by atoms with Gasteiger partial charge < -0.3 is 5.11 Å². The Morgan fingerprint density at radius 1 is 1.11 bits per heavy atom. The number of benzene rings is 1. The van der Waals surface area contributed by atoms with Crippen LogP contribution in [-0.4, -0.2) is 11.1 Å². The van der Waals surface area contributed by atoms with Crippen LogP contribution in [0.1, 0.15) is 50.0 Å². The van der Waals surface area contributed by atoms with E-state index in [1.165, 1.54) is 12.1 Å². The Hall–Kier alpha value is -1.45. The number of carboxylic acids is 1. The third-order valence-electron chi connectivity index (χ3n) is 3.97. The average molecular weight is 268 g/mol. The number of rotatable bonds is 4. The van der Waals surface area contributed by atoms with E-state index in [-0.39, 0.29) is 12.3 Å². The number of aliphatic carboxylic acids is 1. The maximum Gasteiger partial charge on any atom is 0.303 e. The van der Waals surface area contributed by atoms with Gasteiger partial charge in [-0.05, 0) is 61.6 Å². The lowest BCUT2D eigenvalue weighted by Gasteiger charge is -2.28. The Kier molecular flexibility index (Phi) is 4.51. The normalized spacial score (nSPS) is 23.3. The van der Waals surface area contributed by atoms with Crippen LogP contribution in [0.25, 0.3) is 0 Å². The molecule has 1 aromatic carbocycles. The lowest BCUT2D eigenvalue weighted by molar-refractivity contribution is -0.137. The summed E-state index contributed by atoms with van der Waals surface area (Å²) in [6, 6.07) is 3.71. The van der Waals surface area contributed by atoms with E-state index in [0.717, 1.165) is 37.3 Å². The van der Waals surface area contributed by atoms with E-state index in [1.807, 2.05) is 0 Å². The van der Waals surface area contributed by atoms with E-state index in [0.29, 0.717) is 12.3 Å². The Balaban J connectivity index is 1.90. The molecule has 2 rings (SSSR count). The topological polar surface area (TPSA) is 37.3 Å².